The van der Waals surface area contributed by atoms with Crippen molar-refractivity contribution in [1.29, 1.82) is 0 Å². The number of para-hydroxylation sites is 1. The zero-order valence-electron chi connectivity index (χ0n) is 11.4. The maximum absolute atomic E-state index is 11.5. The van der Waals surface area contributed by atoms with Crippen molar-refractivity contribution in [2.24, 2.45) is 5.14 Å². The van der Waals surface area contributed by atoms with Gasteiger partial charge in [0.15, 0.2) is 0 Å². The van der Waals surface area contributed by atoms with Gasteiger partial charge in [-0.3, -0.25) is 0 Å². The molecule has 1 aromatic rings. The van der Waals surface area contributed by atoms with Crippen molar-refractivity contribution in [2.75, 3.05) is 37.9 Å². The van der Waals surface area contributed by atoms with Crippen LogP contribution in [0.2, 0.25) is 0 Å². The van der Waals surface area contributed by atoms with Crippen LogP contribution in [-0.2, 0) is 19.5 Å². The van der Waals surface area contributed by atoms with Gasteiger partial charge in [0.2, 0.25) is 10.0 Å². The monoisotopic (exact) mass is 301 g/mol. The lowest BCUT2D eigenvalue weighted by atomic mass is 10.2. The Labute approximate surface area is 118 Å². The fourth-order valence-corrected chi connectivity index (χ4v) is 3.13. The molecule has 2 atom stereocenters. The number of methoxy groups -OCH3 is 2. The van der Waals surface area contributed by atoms with E-state index in [-0.39, 0.29) is 22.8 Å². The SMILES string of the molecule is COC1CN(c2cccc(S(N)(=O)=O)c2N)CC1OC. The third-order valence-corrected chi connectivity index (χ3v) is 4.48. The molecule has 1 heterocycles. The van der Waals surface area contributed by atoms with Crippen LogP contribution in [-0.4, -0.2) is 47.9 Å². The number of rotatable bonds is 4. The number of anilines is 2. The molecule has 0 amide bonds. The van der Waals surface area contributed by atoms with Crippen LogP contribution in [0.3, 0.4) is 0 Å². The van der Waals surface area contributed by atoms with Crippen LogP contribution in [0.1, 0.15) is 0 Å². The summed E-state index contributed by atoms with van der Waals surface area (Å²) in [7, 11) is -0.607. The van der Waals surface area contributed by atoms with E-state index in [1.165, 1.54) is 6.07 Å². The molecule has 0 aliphatic carbocycles. The van der Waals surface area contributed by atoms with E-state index < -0.39 is 10.0 Å². The van der Waals surface area contributed by atoms with E-state index in [0.717, 1.165) is 0 Å². The average molecular weight is 301 g/mol. The summed E-state index contributed by atoms with van der Waals surface area (Å²) in [6, 6.07) is 4.77. The lowest BCUT2D eigenvalue weighted by molar-refractivity contribution is -0.00461. The first-order valence-corrected chi connectivity index (χ1v) is 7.65. The van der Waals surface area contributed by atoms with Gasteiger partial charge < -0.3 is 20.1 Å². The van der Waals surface area contributed by atoms with Crippen molar-refractivity contribution in [2.45, 2.75) is 17.1 Å². The number of nitrogens with two attached hydrogens (primary N) is 2. The normalized spacial score (nSPS) is 23.2. The number of benzene rings is 1. The summed E-state index contributed by atoms with van der Waals surface area (Å²) in [5.41, 5.74) is 6.72. The first-order chi connectivity index (χ1) is 9.38. The molecular formula is C12H19N3O4S. The van der Waals surface area contributed by atoms with E-state index >= 15 is 0 Å². The lowest BCUT2D eigenvalue weighted by Crippen LogP contribution is -2.27. The van der Waals surface area contributed by atoms with Crippen molar-refractivity contribution < 1.29 is 17.9 Å². The molecule has 1 aliphatic rings. The highest BCUT2D eigenvalue weighted by Crippen LogP contribution is 2.32. The van der Waals surface area contributed by atoms with E-state index in [2.05, 4.69) is 0 Å². The van der Waals surface area contributed by atoms with Gasteiger partial charge in [0.1, 0.15) is 17.1 Å². The van der Waals surface area contributed by atoms with Crippen LogP contribution in [0.5, 0.6) is 0 Å². The number of hydrogen-bond donors (Lipinski definition) is 2. The molecule has 4 N–H and O–H groups in total. The number of sulfonamides is 1. The van der Waals surface area contributed by atoms with Gasteiger partial charge in [0, 0.05) is 27.3 Å². The van der Waals surface area contributed by atoms with E-state index in [0.29, 0.717) is 18.8 Å². The van der Waals surface area contributed by atoms with Crippen LogP contribution in [0.15, 0.2) is 23.1 Å². The smallest absolute Gasteiger partial charge is 0.240 e. The molecule has 2 unspecified atom stereocenters. The molecule has 1 aliphatic heterocycles. The van der Waals surface area contributed by atoms with Gasteiger partial charge in [-0.1, -0.05) is 6.07 Å². The lowest BCUT2D eigenvalue weighted by Gasteiger charge is -2.21. The molecule has 20 heavy (non-hydrogen) atoms. The predicted molar refractivity (Wildman–Crippen MR) is 76.0 cm³/mol. The summed E-state index contributed by atoms with van der Waals surface area (Å²) in [5, 5.41) is 5.16. The molecule has 8 heteroatoms. The first-order valence-electron chi connectivity index (χ1n) is 6.10. The first kappa shape index (κ1) is 15.0. The Morgan fingerprint density at radius 1 is 1.20 bits per heavy atom. The third-order valence-electron chi connectivity index (χ3n) is 3.51. The van der Waals surface area contributed by atoms with Crippen LogP contribution in [0.25, 0.3) is 0 Å². The Bertz CT molecular complexity index is 578. The summed E-state index contributed by atoms with van der Waals surface area (Å²) in [5.74, 6) is 0. The van der Waals surface area contributed by atoms with Crippen molar-refractivity contribution in [3.63, 3.8) is 0 Å². The van der Waals surface area contributed by atoms with Gasteiger partial charge in [-0.05, 0) is 12.1 Å². The Balaban J connectivity index is 2.36. The Kier molecular flexibility index (Phi) is 4.19. The Morgan fingerprint density at radius 2 is 1.75 bits per heavy atom. The highest BCUT2D eigenvalue weighted by atomic mass is 32.2. The molecule has 1 aromatic carbocycles. The van der Waals surface area contributed by atoms with Gasteiger partial charge in [0.05, 0.1) is 11.4 Å². The largest absolute Gasteiger partial charge is 0.396 e. The van der Waals surface area contributed by atoms with Crippen LogP contribution < -0.4 is 15.8 Å². The molecule has 0 bridgehead atoms. The van der Waals surface area contributed by atoms with Gasteiger partial charge >= 0.3 is 0 Å². The van der Waals surface area contributed by atoms with Crippen molar-refractivity contribution in [1.82, 2.24) is 0 Å². The van der Waals surface area contributed by atoms with Gasteiger partial charge in [-0.25, -0.2) is 13.6 Å². The average Bonchev–Trinajstić information content (AvgIpc) is 2.80. The molecule has 2 rings (SSSR count). The maximum Gasteiger partial charge on any atom is 0.240 e. The molecule has 0 saturated carbocycles. The molecule has 0 aromatic heterocycles. The summed E-state index contributed by atoms with van der Waals surface area (Å²) in [6.07, 6.45) is -0.171. The Hall–Kier alpha value is -1.35. The quantitative estimate of drug-likeness (QED) is 0.744. The highest BCUT2D eigenvalue weighted by molar-refractivity contribution is 7.89. The number of ether oxygens (including phenoxy) is 2. The second kappa shape index (κ2) is 5.57. The van der Waals surface area contributed by atoms with Crippen LogP contribution in [0, 0.1) is 0 Å². The zero-order chi connectivity index (χ0) is 14.9. The van der Waals surface area contributed by atoms with Crippen LogP contribution >= 0.6 is 0 Å². The second-order valence-electron chi connectivity index (χ2n) is 4.69. The summed E-state index contributed by atoms with van der Waals surface area (Å²) >= 11 is 0. The minimum Gasteiger partial charge on any atom is -0.396 e. The standard InChI is InChI=1S/C12H19N3O4S/c1-18-9-6-15(7-10(9)19-2)8-4-3-5-11(12(8)13)20(14,16)17/h3-5,9-10H,6-7,13H2,1-2H3,(H2,14,16,17). The minimum atomic E-state index is -3.84. The van der Waals surface area contributed by atoms with Crippen molar-refractivity contribution >= 4 is 21.4 Å². The molecule has 0 radical (unpaired) electrons. The van der Waals surface area contributed by atoms with E-state index in [1.54, 1.807) is 26.4 Å². The molecule has 112 valence electrons. The highest BCUT2D eigenvalue weighted by Gasteiger charge is 2.34. The third kappa shape index (κ3) is 2.73. The van der Waals surface area contributed by atoms with E-state index in [9.17, 15) is 8.42 Å². The fourth-order valence-electron chi connectivity index (χ4n) is 2.45. The van der Waals surface area contributed by atoms with E-state index in [1.807, 2.05) is 4.90 Å². The molecular weight excluding hydrogens is 282 g/mol. The predicted octanol–water partition coefficient (Wildman–Crippen LogP) is -0.234. The fraction of sp³-hybridized carbons (Fsp3) is 0.500. The maximum atomic E-state index is 11.5. The molecule has 0 spiro atoms. The summed E-state index contributed by atoms with van der Waals surface area (Å²) < 4.78 is 33.7. The van der Waals surface area contributed by atoms with E-state index in [4.69, 9.17) is 20.3 Å². The van der Waals surface area contributed by atoms with Crippen molar-refractivity contribution in [3.05, 3.63) is 18.2 Å². The number of hydrogen-bond acceptors (Lipinski definition) is 6. The second-order valence-corrected chi connectivity index (χ2v) is 6.22. The molecule has 1 fully saturated rings. The molecule has 1 saturated heterocycles. The number of primary sulfonamides is 1. The summed E-state index contributed by atoms with van der Waals surface area (Å²) in [4.78, 5) is 1.87. The number of nitrogen functional groups attached to an aromatic ring is 1. The van der Waals surface area contributed by atoms with Crippen molar-refractivity contribution in [3.8, 4) is 0 Å². The topological polar surface area (TPSA) is 108 Å². The van der Waals surface area contributed by atoms with Gasteiger partial charge in [-0.2, -0.15) is 0 Å². The summed E-state index contributed by atoms with van der Waals surface area (Å²) in [6.45, 7) is 1.15. The van der Waals surface area contributed by atoms with Gasteiger partial charge in [-0.15, -0.1) is 0 Å². The minimum absolute atomic E-state index is 0.0650. The zero-order valence-corrected chi connectivity index (χ0v) is 12.3. The molecule has 7 nitrogen and oxygen atoms in total. The number of nitrogens with zero attached hydrogens (tertiary/aromatic N) is 1. The van der Waals surface area contributed by atoms with Gasteiger partial charge in [0.25, 0.3) is 0 Å². The Morgan fingerprint density at radius 3 is 2.20 bits per heavy atom. The van der Waals surface area contributed by atoms with Crippen LogP contribution in [0.4, 0.5) is 11.4 Å².